The van der Waals surface area contributed by atoms with E-state index in [1.807, 2.05) is 55.5 Å². The zero-order chi connectivity index (χ0) is 17.4. The Kier molecular flexibility index (Phi) is 7.09. The number of carbonyl (C=O) groups is 1. The van der Waals surface area contributed by atoms with Crippen molar-refractivity contribution in [3.8, 4) is 5.75 Å². The molecule has 2 aromatic carbocycles. The zero-order valence-electron chi connectivity index (χ0n) is 14.0. The lowest BCUT2D eigenvalue weighted by Gasteiger charge is -2.15. The lowest BCUT2D eigenvalue weighted by atomic mass is 10.1. The summed E-state index contributed by atoms with van der Waals surface area (Å²) in [6.45, 7) is 2.86. The first-order chi connectivity index (χ1) is 11.6. The van der Waals surface area contributed by atoms with Gasteiger partial charge in [-0.05, 0) is 42.7 Å². The number of hydrogen-bond donors (Lipinski definition) is 2. The predicted octanol–water partition coefficient (Wildman–Crippen LogP) is 3.36. The lowest BCUT2D eigenvalue weighted by Crippen LogP contribution is -2.36. The molecule has 0 aromatic heterocycles. The van der Waals surface area contributed by atoms with Crippen LogP contribution < -0.4 is 15.4 Å². The molecule has 1 atom stereocenters. The van der Waals surface area contributed by atoms with Gasteiger partial charge in [0.2, 0.25) is 5.91 Å². The van der Waals surface area contributed by atoms with Crippen molar-refractivity contribution in [1.29, 1.82) is 0 Å². The van der Waals surface area contributed by atoms with E-state index in [0.717, 1.165) is 23.3 Å². The molecule has 0 radical (unpaired) electrons. The monoisotopic (exact) mass is 346 g/mol. The van der Waals surface area contributed by atoms with Gasteiger partial charge in [0.25, 0.3) is 0 Å². The van der Waals surface area contributed by atoms with Crippen LogP contribution in [0.4, 0.5) is 0 Å². The molecule has 0 aliphatic carbocycles. The lowest BCUT2D eigenvalue weighted by molar-refractivity contribution is -0.120. The minimum atomic E-state index is -0.0255. The average molecular weight is 347 g/mol. The highest BCUT2D eigenvalue weighted by Crippen LogP contribution is 2.21. The third kappa shape index (κ3) is 5.55. The van der Waals surface area contributed by atoms with Crippen LogP contribution in [0.2, 0.25) is 5.02 Å². The molecule has 0 saturated heterocycles. The van der Waals surface area contributed by atoms with E-state index in [4.69, 9.17) is 16.3 Å². The molecule has 2 N–H and O–H groups in total. The van der Waals surface area contributed by atoms with Crippen molar-refractivity contribution >= 4 is 17.5 Å². The van der Waals surface area contributed by atoms with Crippen LogP contribution in [0.3, 0.4) is 0 Å². The van der Waals surface area contributed by atoms with Gasteiger partial charge < -0.3 is 15.4 Å². The average Bonchev–Trinajstić information content (AvgIpc) is 2.60. The minimum absolute atomic E-state index is 0.0195. The van der Waals surface area contributed by atoms with E-state index >= 15 is 0 Å². The Bertz CT molecular complexity index is 659. The summed E-state index contributed by atoms with van der Waals surface area (Å²) < 4.78 is 5.12. The Morgan fingerprint density at radius 1 is 1.17 bits per heavy atom. The van der Waals surface area contributed by atoms with E-state index in [1.165, 1.54) is 0 Å². The van der Waals surface area contributed by atoms with Crippen molar-refractivity contribution in [2.24, 2.45) is 0 Å². The molecule has 2 rings (SSSR count). The first-order valence-corrected chi connectivity index (χ1v) is 8.35. The van der Waals surface area contributed by atoms with Crippen LogP contribution in [0.15, 0.2) is 48.5 Å². The maximum absolute atomic E-state index is 11.9. The van der Waals surface area contributed by atoms with Crippen molar-refractivity contribution in [2.75, 3.05) is 20.2 Å². The molecule has 4 nitrogen and oxygen atoms in total. The first kappa shape index (κ1) is 18.3. The molecule has 0 aliphatic rings. The summed E-state index contributed by atoms with van der Waals surface area (Å²) in [5.41, 5.74) is 2.15. The number of nitrogens with one attached hydrogen (secondary N) is 2. The summed E-state index contributed by atoms with van der Waals surface area (Å²) in [4.78, 5) is 11.9. The molecule has 0 fully saturated rings. The number of amides is 1. The van der Waals surface area contributed by atoms with E-state index in [2.05, 4.69) is 10.6 Å². The largest absolute Gasteiger partial charge is 0.497 e. The molecule has 24 heavy (non-hydrogen) atoms. The molecule has 1 amide bonds. The zero-order valence-corrected chi connectivity index (χ0v) is 14.8. The van der Waals surface area contributed by atoms with Gasteiger partial charge in [-0.1, -0.05) is 41.9 Å². The van der Waals surface area contributed by atoms with E-state index in [1.54, 1.807) is 7.11 Å². The molecule has 0 unspecified atom stereocenters. The highest BCUT2D eigenvalue weighted by Gasteiger charge is 2.10. The molecule has 128 valence electrons. The van der Waals surface area contributed by atoms with Crippen molar-refractivity contribution in [3.63, 3.8) is 0 Å². The molecular weight excluding hydrogens is 324 g/mol. The second kappa shape index (κ2) is 9.30. The maximum atomic E-state index is 11.9. The number of hydrogen-bond acceptors (Lipinski definition) is 3. The van der Waals surface area contributed by atoms with Gasteiger partial charge >= 0.3 is 0 Å². The van der Waals surface area contributed by atoms with Gasteiger partial charge in [0.05, 0.1) is 13.7 Å². The first-order valence-electron chi connectivity index (χ1n) is 7.97. The van der Waals surface area contributed by atoms with Crippen LogP contribution in [-0.4, -0.2) is 26.1 Å². The van der Waals surface area contributed by atoms with Crippen LogP contribution >= 0.6 is 11.6 Å². The normalized spacial score (nSPS) is 11.8. The second-order valence-corrected chi connectivity index (χ2v) is 5.98. The van der Waals surface area contributed by atoms with Gasteiger partial charge in [0, 0.05) is 17.6 Å². The van der Waals surface area contributed by atoms with Gasteiger partial charge in [-0.25, -0.2) is 0 Å². The van der Waals surface area contributed by atoms with Crippen LogP contribution in [0, 0.1) is 0 Å². The van der Waals surface area contributed by atoms with E-state index < -0.39 is 0 Å². The summed E-state index contributed by atoms with van der Waals surface area (Å²) >= 11 is 6.16. The Balaban J connectivity index is 1.70. The van der Waals surface area contributed by atoms with Crippen LogP contribution in [0.5, 0.6) is 5.75 Å². The van der Waals surface area contributed by atoms with Gasteiger partial charge in [-0.15, -0.1) is 0 Å². The molecular formula is C19H23ClN2O2. The number of carbonyl (C=O) groups excluding carboxylic acids is 1. The molecule has 0 aliphatic heterocycles. The summed E-state index contributed by atoms with van der Waals surface area (Å²) in [6.07, 6.45) is 0.788. The van der Waals surface area contributed by atoms with Gasteiger partial charge in [0.1, 0.15) is 5.75 Å². The summed E-state index contributed by atoms with van der Waals surface area (Å²) in [5.74, 6) is 0.808. The number of benzene rings is 2. The molecule has 0 saturated carbocycles. The SMILES string of the molecule is COc1ccc(CCNC(=O)CN[C@H](C)c2ccccc2Cl)cc1. The van der Waals surface area contributed by atoms with Crippen molar-refractivity contribution < 1.29 is 9.53 Å². The number of rotatable bonds is 8. The summed E-state index contributed by atoms with van der Waals surface area (Å²) in [5, 5.41) is 6.81. The molecule has 0 bridgehead atoms. The Morgan fingerprint density at radius 2 is 1.88 bits per heavy atom. The van der Waals surface area contributed by atoms with Gasteiger partial charge in [-0.3, -0.25) is 4.79 Å². The van der Waals surface area contributed by atoms with Crippen LogP contribution in [0.25, 0.3) is 0 Å². The molecule has 0 spiro atoms. The third-order valence-electron chi connectivity index (χ3n) is 3.84. The van der Waals surface area contributed by atoms with Gasteiger partial charge in [-0.2, -0.15) is 0 Å². The van der Waals surface area contributed by atoms with E-state index in [-0.39, 0.29) is 18.5 Å². The number of halogens is 1. The Morgan fingerprint density at radius 3 is 2.54 bits per heavy atom. The standard InChI is InChI=1S/C19H23ClN2O2/c1-14(17-5-3-4-6-18(17)20)22-13-19(23)21-12-11-15-7-9-16(24-2)10-8-15/h3-10,14,22H,11-13H2,1-2H3,(H,21,23)/t14-/m1/s1. The summed E-state index contributed by atoms with van der Waals surface area (Å²) in [6, 6.07) is 15.5. The van der Waals surface area contributed by atoms with Crippen molar-refractivity contribution in [3.05, 3.63) is 64.7 Å². The van der Waals surface area contributed by atoms with Crippen LogP contribution in [0.1, 0.15) is 24.1 Å². The van der Waals surface area contributed by atoms with Crippen LogP contribution in [-0.2, 0) is 11.2 Å². The summed E-state index contributed by atoms with van der Waals surface area (Å²) in [7, 11) is 1.64. The molecule has 0 heterocycles. The fourth-order valence-electron chi connectivity index (χ4n) is 2.38. The van der Waals surface area contributed by atoms with Crippen molar-refractivity contribution in [1.82, 2.24) is 10.6 Å². The second-order valence-electron chi connectivity index (χ2n) is 5.57. The predicted molar refractivity (Wildman–Crippen MR) is 97.6 cm³/mol. The quantitative estimate of drug-likeness (QED) is 0.770. The van der Waals surface area contributed by atoms with E-state index in [0.29, 0.717) is 11.6 Å². The Labute approximate surface area is 148 Å². The minimum Gasteiger partial charge on any atom is -0.497 e. The van der Waals surface area contributed by atoms with E-state index in [9.17, 15) is 4.79 Å². The highest BCUT2D eigenvalue weighted by atomic mass is 35.5. The number of methoxy groups -OCH3 is 1. The smallest absolute Gasteiger partial charge is 0.233 e. The number of ether oxygens (including phenoxy) is 1. The third-order valence-corrected chi connectivity index (χ3v) is 4.18. The fraction of sp³-hybridized carbons (Fsp3) is 0.316. The topological polar surface area (TPSA) is 50.4 Å². The Hall–Kier alpha value is -2.04. The van der Waals surface area contributed by atoms with Gasteiger partial charge in [0.15, 0.2) is 0 Å². The fourth-order valence-corrected chi connectivity index (χ4v) is 2.68. The van der Waals surface area contributed by atoms with Crippen molar-refractivity contribution in [2.45, 2.75) is 19.4 Å². The highest BCUT2D eigenvalue weighted by molar-refractivity contribution is 6.31. The molecule has 2 aromatic rings. The molecule has 5 heteroatoms. The maximum Gasteiger partial charge on any atom is 0.233 e.